The molecular formula is C28H34N6O4S. The first-order valence-electron chi connectivity index (χ1n) is 12.9. The number of aromatic nitrogens is 4. The van der Waals surface area contributed by atoms with Crippen LogP contribution in [0, 0.1) is 6.92 Å². The lowest BCUT2D eigenvalue weighted by atomic mass is 10.0. The van der Waals surface area contributed by atoms with Crippen LogP contribution in [0.25, 0.3) is 33.8 Å². The second-order valence-corrected chi connectivity index (χ2v) is 12.0. The quantitative estimate of drug-likeness (QED) is 0.350. The minimum Gasteiger partial charge on any atom is -0.497 e. The number of nitrogens with one attached hydrogen (secondary N) is 1. The summed E-state index contributed by atoms with van der Waals surface area (Å²) in [5, 5.41) is 0. The van der Waals surface area contributed by atoms with E-state index < -0.39 is 10.0 Å². The third-order valence-corrected chi connectivity index (χ3v) is 8.41. The van der Waals surface area contributed by atoms with Gasteiger partial charge in [-0.1, -0.05) is 13.0 Å². The molecule has 0 spiro atoms. The molecule has 0 unspecified atom stereocenters. The van der Waals surface area contributed by atoms with Gasteiger partial charge < -0.3 is 19.4 Å². The van der Waals surface area contributed by atoms with Crippen molar-refractivity contribution in [3.63, 3.8) is 0 Å². The van der Waals surface area contributed by atoms with E-state index in [9.17, 15) is 8.42 Å². The molecule has 3 aromatic heterocycles. The summed E-state index contributed by atoms with van der Waals surface area (Å²) in [6.07, 6.45) is 3.95. The minimum absolute atomic E-state index is 0.164. The lowest BCUT2D eigenvalue weighted by molar-refractivity contribution is 0.0930. The van der Waals surface area contributed by atoms with Crippen molar-refractivity contribution in [1.82, 2.24) is 24.2 Å². The van der Waals surface area contributed by atoms with E-state index >= 15 is 0 Å². The zero-order valence-electron chi connectivity index (χ0n) is 22.9. The fourth-order valence-electron chi connectivity index (χ4n) is 4.88. The lowest BCUT2D eigenvalue weighted by Crippen LogP contribution is -2.45. The molecule has 0 saturated carbocycles. The van der Waals surface area contributed by atoms with E-state index in [0.29, 0.717) is 42.7 Å². The van der Waals surface area contributed by atoms with Crippen LogP contribution in [0.2, 0.25) is 0 Å². The molecule has 11 heteroatoms. The molecule has 1 fully saturated rings. The van der Waals surface area contributed by atoms with Crippen LogP contribution in [-0.4, -0.2) is 78.9 Å². The lowest BCUT2D eigenvalue weighted by Gasteiger charge is -2.37. The molecule has 5 rings (SSSR count). The first-order chi connectivity index (χ1) is 18.7. The van der Waals surface area contributed by atoms with Crippen molar-refractivity contribution in [2.75, 3.05) is 45.1 Å². The molecule has 1 aliphatic heterocycles. The highest BCUT2D eigenvalue weighted by Gasteiger charge is 2.27. The highest BCUT2D eigenvalue weighted by atomic mass is 32.2. The Morgan fingerprint density at radius 2 is 2.03 bits per heavy atom. The van der Waals surface area contributed by atoms with Crippen LogP contribution in [0.1, 0.15) is 24.6 Å². The van der Waals surface area contributed by atoms with Crippen LogP contribution >= 0.6 is 0 Å². The smallest absolute Gasteiger partial charge is 0.211 e. The molecule has 10 nitrogen and oxygen atoms in total. The number of ether oxygens (including phenoxy) is 2. The van der Waals surface area contributed by atoms with Gasteiger partial charge in [-0.2, -0.15) is 0 Å². The number of fused-ring (bicyclic) bond motifs is 1. The maximum atomic E-state index is 12.3. The zero-order chi connectivity index (χ0) is 27.7. The number of rotatable bonds is 8. The molecule has 0 amide bonds. The van der Waals surface area contributed by atoms with Crippen LogP contribution in [0.3, 0.4) is 0 Å². The van der Waals surface area contributed by atoms with Crippen LogP contribution < -0.4 is 9.64 Å². The summed E-state index contributed by atoms with van der Waals surface area (Å²) in [5.74, 6) is 1.14. The highest BCUT2D eigenvalue weighted by molar-refractivity contribution is 7.88. The number of aryl methyl sites for hydroxylation is 1. The number of hydrogen-bond donors (Lipinski definition) is 1. The molecule has 0 radical (unpaired) electrons. The van der Waals surface area contributed by atoms with E-state index in [0.717, 1.165) is 40.0 Å². The summed E-state index contributed by atoms with van der Waals surface area (Å²) in [7, 11) is -0.215. The number of hydrogen-bond acceptors (Lipinski definition) is 8. The third-order valence-electron chi connectivity index (χ3n) is 7.15. The average molecular weight is 551 g/mol. The Balaban J connectivity index is 1.71. The van der Waals surface area contributed by atoms with E-state index in [1.165, 1.54) is 10.6 Å². The van der Waals surface area contributed by atoms with Crippen molar-refractivity contribution in [2.24, 2.45) is 0 Å². The zero-order valence-corrected chi connectivity index (χ0v) is 23.7. The predicted molar refractivity (Wildman–Crippen MR) is 152 cm³/mol. The second kappa shape index (κ2) is 10.9. The summed E-state index contributed by atoms with van der Waals surface area (Å²) in [6, 6.07) is 11.7. The van der Waals surface area contributed by atoms with Gasteiger partial charge in [0.25, 0.3) is 0 Å². The van der Waals surface area contributed by atoms with Gasteiger partial charge in [0.1, 0.15) is 11.4 Å². The summed E-state index contributed by atoms with van der Waals surface area (Å²) in [4.78, 5) is 20.2. The molecule has 1 N–H and O–H groups in total. The molecule has 0 bridgehead atoms. The van der Waals surface area contributed by atoms with Crippen molar-refractivity contribution in [2.45, 2.75) is 32.9 Å². The highest BCUT2D eigenvalue weighted by Crippen LogP contribution is 2.37. The average Bonchev–Trinajstić information content (AvgIpc) is 3.31. The number of anilines is 1. The summed E-state index contributed by atoms with van der Waals surface area (Å²) in [6.45, 7) is 6.23. The Kier molecular flexibility index (Phi) is 7.57. The Labute approximate surface area is 229 Å². The van der Waals surface area contributed by atoms with Crippen molar-refractivity contribution < 1.29 is 17.9 Å². The molecule has 4 aromatic rings. The van der Waals surface area contributed by atoms with E-state index in [2.05, 4.69) is 16.8 Å². The molecule has 1 aliphatic rings. The van der Waals surface area contributed by atoms with Gasteiger partial charge in [-0.3, -0.25) is 0 Å². The van der Waals surface area contributed by atoms with Crippen molar-refractivity contribution in [1.29, 1.82) is 0 Å². The molecule has 1 saturated heterocycles. The van der Waals surface area contributed by atoms with Crippen LogP contribution in [0.15, 0.2) is 42.6 Å². The van der Waals surface area contributed by atoms with Gasteiger partial charge in [0.05, 0.1) is 61.2 Å². The predicted octanol–water partition coefficient (Wildman–Crippen LogP) is 4.01. The summed E-state index contributed by atoms with van der Waals surface area (Å²) < 4.78 is 37.3. The number of benzene rings is 1. The normalized spacial score (nSPS) is 16.3. The summed E-state index contributed by atoms with van der Waals surface area (Å²) in [5.41, 5.74) is 6.62. The fraction of sp³-hybridized carbons (Fsp3) is 0.393. The summed E-state index contributed by atoms with van der Waals surface area (Å²) >= 11 is 0. The first kappa shape index (κ1) is 27.0. The van der Waals surface area contributed by atoms with Gasteiger partial charge in [-0.05, 0) is 49.2 Å². The fourth-order valence-corrected chi connectivity index (χ4v) is 5.26. The van der Waals surface area contributed by atoms with Crippen molar-refractivity contribution >= 4 is 26.7 Å². The molecule has 206 valence electrons. The van der Waals surface area contributed by atoms with Crippen molar-refractivity contribution in [3.8, 4) is 28.5 Å². The van der Waals surface area contributed by atoms with Gasteiger partial charge in [-0.25, -0.2) is 27.7 Å². The molecule has 39 heavy (non-hydrogen) atoms. The Morgan fingerprint density at radius 3 is 2.77 bits per heavy atom. The molecule has 4 heterocycles. The van der Waals surface area contributed by atoms with Crippen LogP contribution in [0.5, 0.6) is 5.75 Å². The Hall–Kier alpha value is -3.54. The number of H-pyrrole nitrogens is 1. The SMILES string of the molecule is CC[C@H]1COCCN1c1cnc(-c2ccc3[nH]c(C)cc3n2)nc1-c1cc(OC)ccc1CN(C)S(C)(=O)=O. The second-order valence-electron chi connectivity index (χ2n) is 9.88. The number of pyridine rings is 1. The maximum absolute atomic E-state index is 12.3. The number of nitrogens with zero attached hydrogens (tertiary/aromatic N) is 5. The Bertz CT molecular complexity index is 1600. The molecule has 1 aromatic carbocycles. The van der Waals surface area contributed by atoms with Gasteiger partial charge in [0.2, 0.25) is 10.0 Å². The van der Waals surface area contributed by atoms with Crippen LogP contribution in [0.4, 0.5) is 5.69 Å². The van der Waals surface area contributed by atoms with Gasteiger partial charge in [-0.15, -0.1) is 0 Å². The van der Waals surface area contributed by atoms with Gasteiger partial charge >= 0.3 is 0 Å². The number of sulfonamides is 1. The number of methoxy groups -OCH3 is 1. The van der Waals surface area contributed by atoms with Gasteiger partial charge in [0.15, 0.2) is 5.82 Å². The Morgan fingerprint density at radius 1 is 1.21 bits per heavy atom. The van der Waals surface area contributed by atoms with E-state index in [1.54, 1.807) is 14.2 Å². The van der Waals surface area contributed by atoms with Crippen molar-refractivity contribution in [3.05, 3.63) is 53.9 Å². The first-order valence-corrected chi connectivity index (χ1v) is 14.8. The largest absolute Gasteiger partial charge is 0.497 e. The third kappa shape index (κ3) is 5.61. The monoisotopic (exact) mass is 550 g/mol. The van der Waals surface area contributed by atoms with E-state index in [1.807, 2.05) is 49.5 Å². The number of morpholine rings is 1. The van der Waals surface area contributed by atoms with E-state index in [-0.39, 0.29) is 12.6 Å². The standard InChI is InChI=1S/C28H34N6O4S/c1-6-20-17-38-12-11-34(20)26-15-29-28(24-10-9-23-25(31-24)13-18(2)30-23)32-27(26)22-14-21(37-4)8-7-19(22)16-33(3)39(5,35)36/h7-10,13-15,20,30H,6,11-12,16-17H2,1-5H3/t20-/m0/s1. The maximum Gasteiger partial charge on any atom is 0.211 e. The molecule has 1 atom stereocenters. The topological polar surface area (TPSA) is 114 Å². The molecule has 0 aliphatic carbocycles. The number of aromatic amines is 1. The molecular weight excluding hydrogens is 516 g/mol. The van der Waals surface area contributed by atoms with Crippen LogP contribution in [-0.2, 0) is 21.3 Å². The van der Waals surface area contributed by atoms with E-state index in [4.69, 9.17) is 24.4 Å². The van der Waals surface area contributed by atoms with Gasteiger partial charge in [0, 0.05) is 31.4 Å². The minimum atomic E-state index is -3.40.